The first-order valence-electron chi connectivity index (χ1n) is 8.98. The molecule has 0 fully saturated rings. The van der Waals surface area contributed by atoms with E-state index >= 15 is 0 Å². The highest BCUT2D eigenvalue weighted by Gasteiger charge is 2.36. The minimum Gasteiger partial charge on any atom is -0.484 e. The van der Waals surface area contributed by atoms with Crippen molar-refractivity contribution in [2.45, 2.75) is 38.6 Å². The number of aryl methyl sites for hydroxylation is 1. The number of carbonyl (C=O) groups excluding carboxylic acids is 1. The molecule has 0 aliphatic rings. The maximum absolute atomic E-state index is 12.8. The summed E-state index contributed by atoms with van der Waals surface area (Å²) in [5.74, 6) is 0.360. The van der Waals surface area contributed by atoms with Crippen LogP contribution in [0.25, 0.3) is 0 Å². The Bertz CT molecular complexity index is 809. The number of rotatable bonds is 9. The zero-order valence-electron chi connectivity index (χ0n) is 16.3. The van der Waals surface area contributed by atoms with Crippen molar-refractivity contribution < 1.29 is 27.8 Å². The molecule has 0 spiro atoms. The van der Waals surface area contributed by atoms with Gasteiger partial charge in [-0.1, -0.05) is 12.1 Å². The number of thiazole rings is 1. The van der Waals surface area contributed by atoms with Crippen molar-refractivity contribution in [2.24, 2.45) is 0 Å². The number of nitrogens with one attached hydrogen (secondary N) is 2. The summed E-state index contributed by atoms with van der Waals surface area (Å²) in [6.45, 7) is 3.44. The van der Waals surface area contributed by atoms with Crippen LogP contribution in [0.2, 0.25) is 0 Å². The Hall–Kier alpha value is -2.17. The number of hydrogen-bond acceptors (Lipinski definition) is 6. The number of amides is 1. The number of halogens is 3. The van der Waals surface area contributed by atoms with Crippen molar-refractivity contribution in [3.8, 4) is 5.75 Å². The first-order chi connectivity index (χ1) is 13.6. The molecule has 2 unspecified atom stereocenters. The average Bonchev–Trinajstić information content (AvgIpc) is 3.07. The van der Waals surface area contributed by atoms with E-state index in [-0.39, 0.29) is 35.7 Å². The fraction of sp³-hybridized carbons (Fsp3) is 0.474. The number of benzene rings is 1. The van der Waals surface area contributed by atoms with E-state index in [1.807, 2.05) is 19.1 Å². The van der Waals surface area contributed by atoms with Crippen molar-refractivity contribution in [3.05, 3.63) is 45.4 Å². The van der Waals surface area contributed by atoms with E-state index < -0.39 is 17.3 Å². The fourth-order valence-electron chi connectivity index (χ4n) is 2.61. The molecule has 3 N–H and O–H groups in total. The summed E-state index contributed by atoms with van der Waals surface area (Å²) in [7, 11) is 1.53. The molecule has 1 aromatic carbocycles. The highest BCUT2D eigenvalue weighted by Crippen LogP contribution is 2.36. The Morgan fingerprint density at radius 2 is 1.97 bits per heavy atom. The van der Waals surface area contributed by atoms with Crippen LogP contribution in [0, 0.1) is 6.92 Å². The highest BCUT2D eigenvalue weighted by atomic mass is 32.1. The number of ether oxygens (including phenoxy) is 1. The van der Waals surface area contributed by atoms with Gasteiger partial charge in [-0.2, -0.15) is 13.2 Å². The maximum Gasteiger partial charge on any atom is 0.443 e. The molecule has 2 aromatic rings. The van der Waals surface area contributed by atoms with Gasteiger partial charge < -0.3 is 20.5 Å². The summed E-state index contributed by atoms with van der Waals surface area (Å²) in [5.41, 5.74) is 1.21. The number of carbonyl (C=O) groups is 1. The Morgan fingerprint density at radius 3 is 2.52 bits per heavy atom. The second kappa shape index (κ2) is 10.0. The first-order valence-corrected chi connectivity index (χ1v) is 9.80. The van der Waals surface area contributed by atoms with Gasteiger partial charge in [0, 0.05) is 19.6 Å². The van der Waals surface area contributed by atoms with Gasteiger partial charge in [0.05, 0.1) is 10.6 Å². The number of aliphatic hydroxyl groups excluding tert-OH is 1. The molecule has 0 bridgehead atoms. The van der Waals surface area contributed by atoms with E-state index in [4.69, 9.17) is 4.74 Å². The van der Waals surface area contributed by atoms with Crippen LogP contribution in [0.15, 0.2) is 24.3 Å². The van der Waals surface area contributed by atoms with Crippen LogP contribution in [-0.4, -0.2) is 42.2 Å². The molecular formula is C19H24F3N3O3S. The zero-order valence-corrected chi connectivity index (χ0v) is 17.2. The molecule has 1 heterocycles. The summed E-state index contributed by atoms with van der Waals surface area (Å²) in [4.78, 5) is 14.9. The molecule has 1 aromatic heterocycles. The number of nitrogens with zero attached hydrogens (tertiary/aromatic N) is 1. The summed E-state index contributed by atoms with van der Waals surface area (Å²) in [6, 6.07) is 7.25. The minimum absolute atomic E-state index is 0.0161. The maximum atomic E-state index is 12.8. The van der Waals surface area contributed by atoms with Crippen molar-refractivity contribution in [3.63, 3.8) is 0 Å². The third kappa shape index (κ3) is 6.98. The van der Waals surface area contributed by atoms with Gasteiger partial charge in [0.1, 0.15) is 11.9 Å². The third-order valence-electron chi connectivity index (χ3n) is 4.15. The van der Waals surface area contributed by atoms with Gasteiger partial charge >= 0.3 is 6.18 Å². The standard InChI is InChI=1S/C19H24F3N3O3S/c1-11(8-13-4-6-14(7-5-13)28-10-16(27)23-3)24-9-15(26)17-12(2)25-18(29-17)19(20,21)22/h4-7,11,15,24,26H,8-10H2,1-3H3,(H,23,27). The van der Waals surface area contributed by atoms with Crippen LogP contribution in [0.5, 0.6) is 5.75 Å². The lowest BCUT2D eigenvalue weighted by Gasteiger charge is -2.17. The number of likely N-dealkylation sites (N-methyl/N-ethyl adjacent to an activating group) is 1. The lowest BCUT2D eigenvalue weighted by Crippen LogP contribution is -2.32. The van der Waals surface area contributed by atoms with Gasteiger partial charge in [-0.25, -0.2) is 4.98 Å². The highest BCUT2D eigenvalue weighted by molar-refractivity contribution is 7.11. The van der Waals surface area contributed by atoms with E-state index in [1.165, 1.54) is 14.0 Å². The summed E-state index contributed by atoms with van der Waals surface area (Å²) < 4.78 is 43.6. The van der Waals surface area contributed by atoms with E-state index in [0.717, 1.165) is 5.56 Å². The Morgan fingerprint density at radius 1 is 1.31 bits per heavy atom. The number of aliphatic hydroxyl groups is 1. The van der Waals surface area contributed by atoms with Crippen LogP contribution in [-0.2, 0) is 17.4 Å². The van der Waals surface area contributed by atoms with Gasteiger partial charge in [-0.05, 0) is 38.0 Å². The number of alkyl halides is 3. The lowest BCUT2D eigenvalue weighted by molar-refractivity contribution is -0.137. The van der Waals surface area contributed by atoms with Crippen LogP contribution >= 0.6 is 11.3 Å². The number of hydrogen-bond donors (Lipinski definition) is 3. The van der Waals surface area contributed by atoms with Gasteiger partial charge in [-0.15, -0.1) is 11.3 Å². The second-order valence-electron chi connectivity index (χ2n) is 6.60. The average molecular weight is 431 g/mol. The molecule has 10 heteroatoms. The van der Waals surface area contributed by atoms with Gasteiger partial charge in [-0.3, -0.25) is 4.79 Å². The van der Waals surface area contributed by atoms with Crippen molar-refractivity contribution >= 4 is 17.2 Å². The van der Waals surface area contributed by atoms with Gasteiger partial charge in [0.2, 0.25) is 0 Å². The summed E-state index contributed by atoms with van der Waals surface area (Å²) >= 11 is 0.472. The molecule has 0 aliphatic carbocycles. The van der Waals surface area contributed by atoms with Crippen LogP contribution < -0.4 is 15.4 Å². The van der Waals surface area contributed by atoms with E-state index in [2.05, 4.69) is 15.6 Å². The summed E-state index contributed by atoms with van der Waals surface area (Å²) in [5, 5.41) is 14.9. The molecule has 2 atom stereocenters. The SMILES string of the molecule is CNC(=O)COc1ccc(CC(C)NCC(O)c2sc(C(F)(F)F)nc2C)cc1. The Balaban J connectivity index is 1.84. The first kappa shape index (κ1) is 23.1. The topological polar surface area (TPSA) is 83.5 Å². The molecule has 0 saturated carbocycles. The van der Waals surface area contributed by atoms with E-state index in [1.54, 1.807) is 12.1 Å². The lowest BCUT2D eigenvalue weighted by atomic mass is 10.1. The normalized spacial score (nSPS) is 13.8. The molecule has 29 heavy (non-hydrogen) atoms. The molecule has 2 rings (SSSR count). The van der Waals surface area contributed by atoms with Gasteiger partial charge in [0.25, 0.3) is 5.91 Å². The quantitative estimate of drug-likeness (QED) is 0.569. The molecule has 0 aliphatic heterocycles. The van der Waals surface area contributed by atoms with Crippen LogP contribution in [0.3, 0.4) is 0 Å². The van der Waals surface area contributed by atoms with Gasteiger partial charge in [0.15, 0.2) is 11.6 Å². The predicted molar refractivity (Wildman–Crippen MR) is 104 cm³/mol. The fourth-order valence-corrected chi connectivity index (χ4v) is 3.53. The minimum atomic E-state index is -4.51. The van der Waals surface area contributed by atoms with Crippen LogP contribution in [0.1, 0.15) is 34.2 Å². The van der Waals surface area contributed by atoms with E-state index in [9.17, 15) is 23.1 Å². The zero-order chi connectivity index (χ0) is 21.6. The molecule has 160 valence electrons. The Kier molecular flexibility index (Phi) is 8.00. The predicted octanol–water partition coefficient (Wildman–Crippen LogP) is 2.85. The smallest absolute Gasteiger partial charge is 0.443 e. The molecular weight excluding hydrogens is 407 g/mol. The number of aromatic nitrogens is 1. The van der Waals surface area contributed by atoms with Crippen LogP contribution in [0.4, 0.5) is 13.2 Å². The Labute approximate surface area is 171 Å². The van der Waals surface area contributed by atoms with Crippen molar-refractivity contribution in [1.29, 1.82) is 0 Å². The molecule has 0 radical (unpaired) electrons. The third-order valence-corrected chi connectivity index (χ3v) is 5.45. The van der Waals surface area contributed by atoms with E-state index in [0.29, 0.717) is 23.5 Å². The van der Waals surface area contributed by atoms with Crippen molar-refractivity contribution in [2.75, 3.05) is 20.2 Å². The largest absolute Gasteiger partial charge is 0.484 e. The molecule has 6 nitrogen and oxygen atoms in total. The monoisotopic (exact) mass is 431 g/mol. The summed E-state index contributed by atoms with van der Waals surface area (Å²) in [6.07, 6.45) is -4.92. The molecule has 1 amide bonds. The second-order valence-corrected chi connectivity index (χ2v) is 7.63. The molecule has 0 saturated heterocycles. The van der Waals surface area contributed by atoms with Crippen molar-refractivity contribution in [1.82, 2.24) is 15.6 Å².